The second-order valence-corrected chi connectivity index (χ2v) is 23.7. The molecule has 83 heavy (non-hydrogen) atoms. The van der Waals surface area contributed by atoms with Crippen molar-refractivity contribution < 1.29 is 117 Å². The van der Waals surface area contributed by atoms with Gasteiger partial charge in [-0.3, -0.25) is 9.59 Å². The van der Waals surface area contributed by atoms with Crippen molar-refractivity contribution >= 4 is 11.9 Å². The standard InChI is InChI=1S/C59H106O24/c1-9-11-13-14-15-16-19-23-27-31-39(61)79-54-53(83-56-48(70)44(66)41(63)33(4)74-56)51(81-55-47(69)43(65)40(62)32(3)73-55)36(7)77-59(54)80-50-35(6)76-57(49(71)46(50)68)82-52-45(67)42(64)34(5)75-58(52)78-37(28-24-12-10-2)29-25-21-18-17-20-22-26-30-38(60)72-8/h32-37,40-59,62-71H,9-31H2,1-8H3/t32-,33-,34+,35-,36-,37-,40-,41-,42-,43+,44+,45-,46-,47+,48+,49+,50-,51-,52+,53+,54+,55-,56-,57-,58-,59-/m0/s1. The maximum atomic E-state index is 14.0. The Morgan fingerprint density at radius 1 is 0.349 bits per heavy atom. The zero-order valence-corrected chi connectivity index (χ0v) is 50.5. The van der Waals surface area contributed by atoms with Gasteiger partial charge in [0.25, 0.3) is 0 Å². The lowest BCUT2D eigenvalue weighted by Crippen LogP contribution is -2.68. The number of esters is 2. The Hall–Kier alpha value is -1.86. The summed E-state index contributed by atoms with van der Waals surface area (Å²) in [5, 5.41) is 112. The van der Waals surface area contributed by atoms with Crippen LogP contribution in [-0.2, 0) is 66.4 Å². The second kappa shape index (κ2) is 36.6. The molecule has 0 aromatic rings. The molecular weight excluding hydrogens is 1090 g/mol. The summed E-state index contributed by atoms with van der Waals surface area (Å²) in [4.78, 5) is 25.5. The van der Waals surface area contributed by atoms with Crippen molar-refractivity contribution in [1.82, 2.24) is 0 Å². The average molecular weight is 1200 g/mol. The van der Waals surface area contributed by atoms with E-state index < -0.39 is 159 Å². The number of carbonyl (C=O) groups is 2. The molecule has 5 aliphatic rings. The lowest BCUT2D eigenvalue weighted by atomic mass is 9.95. The molecule has 0 aliphatic carbocycles. The molecule has 26 atom stereocenters. The number of rotatable bonds is 35. The van der Waals surface area contributed by atoms with Crippen molar-refractivity contribution in [2.24, 2.45) is 0 Å². The molecule has 0 unspecified atom stereocenters. The summed E-state index contributed by atoms with van der Waals surface area (Å²) in [5.74, 6) is -0.936. The van der Waals surface area contributed by atoms with Gasteiger partial charge in [0, 0.05) is 12.8 Å². The Bertz CT molecular complexity index is 1810. The number of aliphatic hydroxyl groups excluding tert-OH is 10. The van der Waals surface area contributed by atoms with Crippen LogP contribution < -0.4 is 0 Å². The molecule has 5 rings (SSSR count). The van der Waals surface area contributed by atoms with Crippen LogP contribution in [-0.4, -0.2) is 230 Å². The number of hydrogen-bond acceptors (Lipinski definition) is 24. The van der Waals surface area contributed by atoms with Gasteiger partial charge in [-0.25, -0.2) is 0 Å². The Morgan fingerprint density at radius 3 is 1.22 bits per heavy atom. The van der Waals surface area contributed by atoms with Gasteiger partial charge in [-0.2, -0.15) is 0 Å². The smallest absolute Gasteiger partial charge is 0.306 e. The van der Waals surface area contributed by atoms with E-state index in [0.717, 1.165) is 103 Å². The maximum absolute atomic E-state index is 14.0. The topological polar surface area (TPSA) is 347 Å². The molecule has 0 aromatic carbocycles. The summed E-state index contributed by atoms with van der Waals surface area (Å²) < 4.78 is 73.5. The normalized spacial score (nSPS) is 40.0. The first-order chi connectivity index (χ1) is 39.6. The van der Waals surface area contributed by atoms with E-state index in [0.29, 0.717) is 25.7 Å². The van der Waals surface area contributed by atoms with E-state index in [2.05, 4.69) is 13.8 Å². The number of aliphatic hydroxyl groups is 10. The third-order valence-electron chi connectivity index (χ3n) is 16.9. The molecular formula is C59H106O24. The van der Waals surface area contributed by atoms with Crippen LogP contribution in [0.4, 0.5) is 0 Å². The highest BCUT2D eigenvalue weighted by atomic mass is 16.8. The van der Waals surface area contributed by atoms with Gasteiger partial charge >= 0.3 is 11.9 Å². The van der Waals surface area contributed by atoms with E-state index >= 15 is 0 Å². The monoisotopic (exact) mass is 1200 g/mol. The van der Waals surface area contributed by atoms with Crippen LogP contribution in [0.2, 0.25) is 0 Å². The van der Waals surface area contributed by atoms with Crippen LogP contribution >= 0.6 is 0 Å². The van der Waals surface area contributed by atoms with E-state index in [1.165, 1.54) is 47.6 Å². The summed E-state index contributed by atoms with van der Waals surface area (Å²) in [6.45, 7) is 11.8. The highest BCUT2D eigenvalue weighted by molar-refractivity contribution is 5.69. The molecule has 486 valence electrons. The minimum absolute atomic E-state index is 0.0665. The molecule has 24 heteroatoms. The lowest BCUT2D eigenvalue weighted by Gasteiger charge is -2.51. The van der Waals surface area contributed by atoms with Gasteiger partial charge < -0.3 is 108 Å². The Labute approximate surface area is 491 Å². The number of ether oxygens (including phenoxy) is 12. The Kier molecular flexibility index (Phi) is 31.7. The molecule has 0 amide bonds. The fourth-order valence-electron chi connectivity index (χ4n) is 11.5. The van der Waals surface area contributed by atoms with Crippen molar-refractivity contribution in [3.63, 3.8) is 0 Å². The number of hydrogen-bond donors (Lipinski definition) is 10. The van der Waals surface area contributed by atoms with Crippen molar-refractivity contribution in [3.8, 4) is 0 Å². The summed E-state index contributed by atoms with van der Waals surface area (Å²) in [5.41, 5.74) is 0. The highest BCUT2D eigenvalue weighted by Crippen LogP contribution is 2.38. The largest absolute Gasteiger partial charge is 0.469 e. The number of carbonyl (C=O) groups excluding carboxylic acids is 2. The van der Waals surface area contributed by atoms with E-state index in [9.17, 15) is 60.7 Å². The van der Waals surface area contributed by atoms with Crippen LogP contribution in [0, 0.1) is 0 Å². The highest BCUT2D eigenvalue weighted by Gasteiger charge is 2.57. The molecule has 5 fully saturated rings. The molecule has 0 aromatic heterocycles. The minimum atomic E-state index is -1.90. The zero-order valence-electron chi connectivity index (χ0n) is 50.5. The van der Waals surface area contributed by atoms with Crippen molar-refractivity contribution in [2.45, 2.75) is 356 Å². The summed E-state index contributed by atoms with van der Waals surface area (Å²) >= 11 is 0. The van der Waals surface area contributed by atoms with Gasteiger partial charge in [0.05, 0.1) is 43.7 Å². The van der Waals surface area contributed by atoms with Crippen molar-refractivity contribution in [2.75, 3.05) is 7.11 Å². The van der Waals surface area contributed by atoms with E-state index in [1.54, 1.807) is 6.92 Å². The third-order valence-corrected chi connectivity index (χ3v) is 16.9. The van der Waals surface area contributed by atoms with Gasteiger partial charge in [0.15, 0.2) is 37.6 Å². The Morgan fingerprint density at radius 2 is 0.699 bits per heavy atom. The summed E-state index contributed by atoms with van der Waals surface area (Å²) in [6.07, 6.45) is -18.3. The molecule has 0 bridgehead atoms. The Balaban J connectivity index is 1.35. The quantitative estimate of drug-likeness (QED) is 0.0321. The molecule has 5 saturated heterocycles. The van der Waals surface area contributed by atoms with Crippen LogP contribution in [0.15, 0.2) is 0 Å². The predicted molar refractivity (Wildman–Crippen MR) is 296 cm³/mol. The van der Waals surface area contributed by atoms with Crippen LogP contribution in [0.3, 0.4) is 0 Å². The molecule has 0 saturated carbocycles. The van der Waals surface area contributed by atoms with Gasteiger partial charge in [-0.15, -0.1) is 0 Å². The minimum Gasteiger partial charge on any atom is -0.469 e. The molecule has 0 radical (unpaired) electrons. The van der Waals surface area contributed by atoms with Gasteiger partial charge in [-0.1, -0.05) is 123 Å². The van der Waals surface area contributed by atoms with E-state index in [-0.39, 0.29) is 18.5 Å². The molecule has 5 aliphatic heterocycles. The van der Waals surface area contributed by atoms with Gasteiger partial charge in [0.2, 0.25) is 0 Å². The number of methoxy groups -OCH3 is 1. The van der Waals surface area contributed by atoms with Gasteiger partial charge in [-0.05, 0) is 60.3 Å². The lowest BCUT2D eigenvalue weighted by molar-refractivity contribution is -0.399. The fraction of sp³-hybridized carbons (Fsp3) is 0.966. The third kappa shape index (κ3) is 21.1. The maximum Gasteiger partial charge on any atom is 0.306 e. The van der Waals surface area contributed by atoms with Gasteiger partial charge in [0.1, 0.15) is 85.5 Å². The first-order valence-electron chi connectivity index (χ1n) is 31.2. The fourth-order valence-corrected chi connectivity index (χ4v) is 11.5. The first-order valence-corrected chi connectivity index (χ1v) is 31.2. The van der Waals surface area contributed by atoms with Crippen LogP contribution in [0.25, 0.3) is 0 Å². The molecule has 24 nitrogen and oxygen atoms in total. The SMILES string of the molecule is CCCCCCCCCCCC(=O)O[C@H]1[C@H](O[C@@H]2[C@@H](O)[C@@H](O)[C@H](O[C@H]3[C@H](O[C@@H](CCCCC)CCCCCCCCCC(=O)OC)O[C@H](C)[C@H](O)[C@@H]3O)O[C@H]2C)O[C@@H](C)[C@H](O[C@@H]2O[C@@H](C)[C@H](O)[C@@H](O)[C@H]2O)[C@H]1O[C@@H]1O[C@@H](C)[C@H](O)[C@@H](O)[C@H]1O. The molecule has 0 spiro atoms. The predicted octanol–water partition coefficient (Wildman–Crippen LogP) is 3.34. The van der Waals surface area contributed by atoms with E-state index in [1.807, 2.05) is 0 Å². The average Bonchev–Trinajstić information content (AvgIpc) is 2.85. The van der Waals surface area contributed by atoms with Crippen molar-refractivity contribution in [3.05, 3.63) is 0 Å². The molecule has 5 heterocycles. The first kappa shape index (κ1) is 71.9. The van der Waals surface area contributed by atoms with Crippen LogP contribution in [0.5, 0.6) is 0 Å². The summed E-state index contributed by atoms with van der Waals surface area (Å²) in [7, 11) is 1.39. The van der Waals surface area contributed by atoms with E-state index in [4.69, 9.17) is 56.8 Å². The number of unbranched alkanes of at least 4 members (excludes halogenated alkanes) is 16. The van der Waals surface area contributed by atoms with Crippen molar-refractivity contribution in [1.29, 1.82) is 0 Å². The van der Waals surface area contributed by atoms with Crippen LogP contribution in [0.1, 0.15) is 196 Å². The zero-order chi connectivity index (χ0) is 60.9. The second-order valence-electron chi connectivity index (χ2n) is 23.7. The molecule has 10 N–H and O–H groups in total. The summed E-state index contributed by atoms with van der Waals surface area (Å²) in [6, 6.07) is 0.